The third-order valence-electron chi connectivity index (χ3n) is 14.3. The third kappa shape index (κ3) is 6.52. The van der Waals surface area contributed by atoms with Gasteiger partial charge in [-0.05, 0) is 96.5 Å². The Labute approximate surface area is 372 Å². The monoisotopic (exact) mass is 848 g/mol. The minimum atomic E-state index is -0.926. The predicted molar refractivity (Wildman–Crippen MR) is 252 cm³/mol. The van der Waals surface area contributed by atoms with Crippen LogP contribution in [0.1, 0.15) is 108 Å². The van der Waals surface area contributed by atoms with Crippen molar-refractivity contribution in [3.63, 3.8) is 0 Å². The lowest BCUT2D eigenvalue weighted by Gasteiger charge is -2.30. The molecule has 7 aromatic rings. The highest BCUT2D eigenvalue weighted by atomic mass is 16.2. The summed E-state index contributed by atoms with van der Waals surface area (Å²) < 4.78 is 4.08. The number of benzene rings is 5. The summed E-state index contributed by atoms with van der Waals surface area (Å²) >= 11 is 0. The maximum Gasteiger partial charge on any atom is 0.260 e. The maximum absolute atomic E-state index is 15.2. The first-order valence-electron chi connectivity index (χ1n) is 23.0. The van der Waals surface area contributed by atoms with Crippen molar-refractivity contribution in [2.75, 3.05) is 9.80 Å². The van der Waals surface area contributed by atoms with Crippen LogP contribution in [-0.4, -0.2) is 44.8 Å². The second kappa shape index (κ2) is 16.0. The summed E-state index contributed by atoms with van der Waals surface area (Å²) in [6.07, 6.45) is 14.1. The van der Waals surface area contributed by atoms with Crippen molar-refractivity contribution in [2.45, 2.75) is 88.4 Å². The van der Waals surface area contributed by atoms with E-state index in [1.165, 1.54) is 0 Å². The number of nitrogens with zero attached hydrogens (tertiary/aromatic N) is 4. The van der Waals surface area contributed by atoms with Crippen molar-refractivity contribution < 1.29 is 19.2 Å². The number of nitrogens with one attached hydrogen (secondary N) is 2. The summed E-state index contributed by atoms with van der Waals surface area (Å²) in [5.74, 6) is -0.934. The van der Waals surface area contributed by atoms with E-state index in [0.717, 1.165) is 108 Å². The molecule has 2 fully saturated rings. The van der Waals surface area contributed by atoms with Crippen molar-refractivity contribution in [3.05, 3.63) is 144 Å². The molecule has 2 atom stereocenters. The highest BCUT2D eigenvalue weighted by Gasteiger charge is 2.47. The molecular weight excluding hydrogens is 797 g/mol. The van der Waals surface area contributed by atoms with Crippen molar-refractivity contribution in [3.8, 4) is 22.3 Å². The van der Waals surface area contributed by atoms with Gasteiger partial charge in [-0.3, -0.25) is 29.0 Å². The number of hydrogen-bond donors (Lipinski definition) is 2. The molecule has 4 heterocycles. The van der Waals surface area contributed by atoms with Crippen LogP contribution in [0.15, 0.2) is 122 Å². The number of fused-ring (bicyclic) bond motifs is 4. The van der Waals surface area contributed by atoms with Gasteiger partial charge in [0.2, 0.25) is 11.8 Å². The number of anilines is 2. The van der Waals surface area contributed by atoms with E-state index < -0.39 is 12.1 Å². The van der Waals surface area contributed by atoms with E-state index in [0.29, 0.717) is 33.6 Å². The molecule has 2 aromatic heterocycles. The Morgan fingerprint density at radius 1 is 0.484 bits per heavy atom. The Balaban J connectivity index is 1.03. The molecule has 11 rings (SSSR count). The number of aryl methyl sites for hydroxylation is 2. The van der Waals surface area contributed by atoms with Gasteiger partial charge >= 0.3 is 0 Å². The zero-order valence-electron chi connectivity index (χ0n) is 36.3. The van der Waals surface area contributed by atoms with E-state index in [-0.39, 0.29) is 35.7 Å². The number of carbonyl (C=O) groups is 4. The van der Waals surface area contributed by atoms with Gasteiger partial charge in [-0.15, -0.1) is 0 Å². The summed E-state index contributed by atoms with van der Waals surface area (Å²) in [6, 6.07) is 33.5. The SMILES string of the molecule is Cn1ccc2c(-c3ccccc3)c3c(cc21)C(C(=O)NC1CCCCC1)N(c1ccc(N2C(=O)c4c(cc5c(ccn5C)c4-c4ccccc4)C2C(=O)NC2CCCCC2)cc1)C3=O. The van der Waals surface area contributed by atoms with Crippen molar-refractivity contribution >= 4 is 56.8 Å². The van der Waals surface area contributed by atoms with E-state index in [1.807, 2.05) is 145 Å². The molecule has 2 unspecified atom stereocenters. The molecule has 2 aliphatic heterocycles. The van der Waals surface area contributed by atoms with E-state index >= 15 is 9.59 Å². The first kappa shape index (κ1) is 39.9. The first-order valence-corrected chi connectivity index (χ1v) is 23.0. The molecule has 4 aliphatic rings. The Hall–Kier alpha value is -6.94. The first-order chi connectivity index (χ1) is 31.3. The van der Waals surface area contributed by atoms with Crippen LogP contribution in [-0.2, 0) is 23.7 Å². The molecule has 322 valence electrons. The predicted octanol–water partition coefficient (Wildman–Crippen LogP) is 10.3. The zero-order chi connectivity index (χ0) is 43.6. The summed E-state index contributed by atoms with van der Waals surface area (Å²) in [5, 5.41) is 8.60. The standard InChI is InChI=1S/C54H52N6O4/c1-57-29-27-39-43(57)31-41-47(45(39)33-15-7-3-8-16-33)53(63)59(49(41)51(61)55-35-19-11-5-12-20-35)37-23-25-38(26-24-37)60-50(52(62)56-36-21-13-6-14-22-36)42-32-44-40(28-30-58(44)2)46(48(42)54(60)64)34-17-9-4-10-18-34/h3-4,7-10,15-18,23-32,35-36,49-50H,5-6,11-14,19-22H2,1-2H3,(H,55,61)(H,56,62). The van der Waals surface area contributed by atoms with Gasteiger partial charge < -0.3 is 19.8 Å². The number of aromatic nitrogens is 2. The van der Waals surface area contributed by atoms with E-state index in [1.54, 1.807) is 9.80 Å². The van der Waals surface area contributed by atoms with Gasteiger partial charge in [-0.25, -0.2) is 0 Å². The van der Waals surface area contributed by atoms with Gasteiger partial charge in [0.25, 0.3) is 11.8 Å². The Bertz CT molecular complexity index is 2770. The van der Waals surface area contributed by atoms with Gasteiger partial charge in [0.15, 0.2) is 0 Å². The van der Waals surface area contributed by atoms with Crippen molar-refractivity contribution in [1.82, 2.24) is 19.8 Å². The molecule has 2 aliphatic carbocycles. The molecular formula is C54H52N6O4. The van der Waals surface area contributed by atoms with Crippen LogP contribution in [0.4, 0.5) is 11.4 Å². The van der Waals surface area contributed by atoms with Crippen LogP contribution in [0.2, 0.25) is 0 Å². The Kier molecular flexibility index (Phi) is 9.97. The van der Waals surface area contributed by atoms with Crippen LogP contribution in [0.5, 0.6) is 0 Å². The lowest BCUT2D eigenvalue weighted by atomic mass is 9.91. The third-order valence-corrected chi connectivity index (χ3v) is 14.3. The molecule has 2 N–H and O–H groups in total. The van der Waals surface area contributed by atoms with Crippen LogP contribution in [0, 0.1) is 0 Å². The van der Waals surface area contributed by atoms with Crippen LogP contribution in [0.3, 0.4) is 0 Å². The van der Waals surface area contributed by atoms with E-state index in [9.17, 15) is 9.59 Å². The maximum atomic E-state index is 15.2. The molecule has 2 saturated carbocycles. The summed E-state index contributed by atoms with van der Waals surface area (Å²) in [7, 11) is 3.97. The molecule has 10 heteroatoms. The molecule has 10 nitrogen and oxygen atoms in total. The Morgan fingerprint density at radius 2 is 0.859 bits per heavy atom. The van der Waals surface area contributed by atoms with Crippen LogP contribution in [0.25, 0.3) is 44.1 Å². The molecule has 0 saturated heterocycles. The number of rotatable bonds is 8. The summed E-state index contributed by atoms with van der Waals surface area (Å²) in [5.41, 5.74) is 8.71. The molecule has 0 bridgehead atoms. The average Bonchev–Trinajstić information content (AvgIpc) is 4.06. The van der Waals surface area contributed by atoms with Gasteiger partial charge in [-0.2, -0.15) is 0 Å². The van der Waals surface area contributed by atoms with Gasteiger partial charge in [0, 0.05) is 82.9 Å². The largest absolute Gasteiger partial charge is 0.351 e. The molecule has 4 amide bonds. The fourth-order valence-electron chi connectivity index (χ4n) is 11.2. The van der Waals surface area contributed by atoms with Crippen LogP contribution >= 0.6 is 0 Å². The summed E-state index contributed by atoms with van der Waals surface area (Å²) in [6.45, 7) is 0. The lowest BCUT2D eigenvalue weighted by molar-refractivity contribution is -0.124. The number of hydrogen-bond acceptors (Lipinski definition) is 4. The smallest absolute Gasteiger partial charge is 0.260 e. The van der Waals surface area contributed by atoms with Gasteiger partial charge in [-0.1, -0.05) is 99.2 Å². The molecule has 5 aromatic carbocycles. The second-order valence-electron chi connectivity index (χ2n) is 18.2. The fourth-order valence-corrected chi connectivity index (χ4v) is 11.2. The molecule has 0 spiro atoms. The topological polar surface area (TPSA) is 109 Å². The quantitative estimate of drug-likeness (QED) is 0.159. The number of carbonyl (C=O) groups excluding carboxylic acids is 4. The number of amides is 4. The van der Waals surface area contributed by atoms with E-state index in [2.05, 4.69) is 10.6 Å². The van der Waals surface area contributed by atoms with Gasteiger partial charge in [0.05, 0.1) is 11.1 Å². The minimum Gasteiger partial charge on any atom is -0.351 e. The van der Waals surface area contributed by atoms with Crippen LogP contribution < -0.4 is 20.4 Å². The van der Waals surface area contributed by atoms with Crippen molar-refractivity contribution in [2.24, 2.45) is 14.1 Å². The highest BCUT2D eigenvalue weighted by molar-refractivity contribution is 6.24. The van der Waals surface area contributed by atoms with Gasteiger partial charge in [0.1, 0.15) is 12.1 Å². The normalized spacial score (nSPS) is 19.1. The molecule has 0 radical (unpaired) electrons. The van der Waals surface area contributed by atoms with Crippen molar-refractivity contribution in [1.29, 1.82) is 0 Å². The second-order valence-corrected chi connectivity index (χ2v) is 18.2. The van der Waals surface area contributed by atoms with E-state index in [4.69, 9.17) is 0 Å². The fraction of sp³-hybridized carbons (Fsp3) is 0.296. The highest BCUT2D eigenvalue weighted by Crippen LogP contribution is 2.49. The lowest BCUT2D eigenvalue weighted by Crippen LogP contribution is -2.44. The minimum absolute atomic E-state index is 0.0360. The summed E-state index contributed by atoms with van der Waals surface area (Å²) in [4.78, 5) is 63.3. The average molecular weight is 849 g/mol. The molecule has 64 heavy (non-hydrogen) atoms. The zero-order valence-corrected chi connectivity index (χ0v) is 36.3. The Morgan fingerprint density at radius 3 is 1.23 bits per heavy atom.